The number of hydrogen-bond acceptors (Lipinski definition) is 2. The topological polar surface area (TPSA) is 43.8 Å². The van der Waals surface area contributed by atoms with E-state index >= 15 is 0 Å². The Morgan fingerprint density at radius 3 is 2.75 bits per heavy atom. The summed E-state index contributed by atoms with van der Waals surface area (Å²) < 4.78 is 1.89. The highest BCUT2D eigenvalue weighted by Crippen LogP contribution is 2.22. The standard InChI is InChI=1S/C11H11Cl2N3/c1-7-5-15-11(14)16(7)6-8-4-9(12)2-3-10(8)13/h2-5H,6H2,1H3,(H2,14,15). The van der Waals surface area contributed by atoms with Crippen molar-refractivity contribution >= 4 is 29.2 Å². The Morgan fingerprint density at radius 1 is 1.38 bits per heavy atom. The molecule has 0 saturated carbocycles. The van der Waals surface area contributed by atoms with Crippen molar-refractivity contribution in [3.63, 3.8) is 0 Å². The molecule has 0 aliphatic heterocycles. The molecule has 0 saturated heterocycles. The average molecular weight is 256 g/mol. The van der Waals surface area contributed by atoms with Crippen LogP contribution in [0.1, 0.15) is 11.3 Å². The van der Waals surface area contributed by atoms with Crippen molar-refractivity contribution in [2.24, 2.45) is 0 Å². The third kappa shape index (κ3) is 2.15. The summed E-state index contributed by atoms with van der Waals surface area (Å²) in [5.74, 6) is 0.480. The molecule has 0 bridgehead atoms. The summed E-state index contributed by atoms with van der Waals surface area (Å²) in [5, 5.41) is 1.34. The second-order valence-electron chi connectivity index (χ2n) is 3.58. The van der Waals surface area contributed by atoms with E-state index in [1.54, 1.807) is 18.3 Å². The van der Waals surface area contributed by atoms with E-state index in [2.05, 4.69) is 4.98 Å². The van der Waals surface area contributed by atoms with Crippen LogP contribution in [0.25, 0.3) is 0 Å². The van der Waals surface area contributed by atoms with Crippen molar-refractivity contribution in [1.29, 1.82) is 0 Å². The highest BCUT2D eigenvalue weighted by molar-refractivity contribution is 6.33. The van der Waals surface area contributed by atoms with Crippen LogP contribution in [0.15, 0.2) is 24.4 Å². The van der Waals surface area contributed by atoms with Gasteiger partial charge in [0.2, 0.25) is 5.95 Å². The van der Waals surface area contributed by atoms with Gasteiger partial charge in [0.25, 0.3) is 0 Å². The van der Waals surface area contributed by atoms with Gasteiger partial charge < -0.3 is 10.3 Å². The summed E-state index contributed by atoms with van der Waals surface area (Å²) >= 11 is 12.0. The van der Waals surface area contributed by atoms with Crippen molar-refractivity contribution < 1.29 is 0 Å². The zero-order valence-corrected chi connectivity index (χ0v) is 10.3. The predicted molar refractivity (Wildman–Crippen MR) is 66.9 cm³/mol. The zero-order chi connectivity index (χ0) is 11.7. The van der Waals surface area contributed by atoms with E-state index in [9.17, 15) is 0 Å². The molecule has 0 fully saturated rings. The second-order valence-corrected chi connectivity index (χ2v) is 4.42. The van der Waals surface area contributed by atoms with Crippen LogP contribution in [0.5, 0.6) is 0 Å². The Bertz CT molecular complexity index is 500. The molecule has 5 heteroatoms. The zero-order valence-electron chi connectivity index (χ0n) is 8.74. The van der Waals surface area contributed by atoms with E-state index in [-0.39, 0.29) is 0 Å². The number of nitrogen functional groups attached to an aromatic ring is 1. The minimum Gasteiger partial charge on any atom is -0.369 e. The molecule has 3 nitrogen and oxygen atoms in total. The molecule has 1 heterocycles. The van der Waals surface area contributed by atoms with Gasteiger partial charge in [-0.2, -0.15) is 0 Å². The highest BCUT2D eigenvalue weighted by atomic mass is 35.5. The maximum Gasteiger partial charge on any atom is 0.200 e. The second kappa shape index (κ2) is 4.36. The number of imidazole rings is 1. The molecule has 0 unspecified atom stereocenters. The van der Waals surface area contributed by atoms with Crippen LogP contribution in [0, 0.1) is 6.92 Å². The molecule has 84 valence electrons. The maximum atomic E-state index is 6.08. The third-order valence-electron chi connectivity index (χ3n) is 2.42. The number of aromatic nitrogens is 2. The van der Waals surface area contributed by atoms with Gasteiger partial charge in [-0.1, -0.05) is 23.2 Å². The van der Waals surface area contributed by atoms with Crippen LogP contribution < -0.4 is 5.73 Å². The van der Waals surface area contributed by atoms with E-state index < -0.39 is 0 Å². The predicted octanol–water partition coefficient (Wildman–Crippen LogP) is 3.13. The number of hydrogen-bond donors (Lipinski definition) is 1. The van der Waals surface area contributed by atoms with Gasteiger partial charge in [-0.25, -0.2) is 4.98 Å². The first kappa shape index (κ1) is 11.3. The van der Waals surface area contributed by atoms with E-state index in [4.69, 9.17) is 28.9 Å². The minimum atomic E-state index is 0.480. The number of aryl methyl sites for hydroxylation is 1. The average Bonchev–Trinajstić information content (AvgIpc) is 2.55. The van der Waals surface area contributed by atoms with Crippen molar-refractivity contribution in [1.82, 2.24) is 9.55 Å². The van der Waals surface area contributed by atoms with E-state index in [0.29, 0.717) is 22.5 Å². The number of nitrogens with zero attached hydrogens (tertiary/aromatic N) is 2. The fraction of sp³-hybridized carbons (Fsp3) is 0.182. The maximum absolute atomic E-state index is 6.08. The lowest BCUT2D eigenvalue weighted by Crippen LogP contribution is -2.06. The van der Waals surface area contributed by atoms with Crippen LogP contribution >= 0.6 is 23.2 Å². The van der Waals surface area contributed by atoms with Gasteiger partial charge in [0.1, 0.15) is 0 Å². The fourth-order valence-corrected chi connectivity index (χ4v) is 1.89. The van der Waals surface area contributed by atoms with Gasteiger partial charge in [-0.05, 0) is 30.7 Å². The normalized spacial score (nSPS) is 10.7. The number of anilines is 1. The molecule has 0 aliphatic carbocycles. The molecule has 0 aliphatic rings. The van der Waals surface area contributed by atoms with Crippen LogP contribution in [0.4, 0.5) is 5.95 Å². The first-order valence-electron chi connectivity index (χ1n) is 4.79. The molecule has 2 aromatic rings. The molecule has 1 aromatic carbocycles. The summed E-state index contributed by atoms with van der Waals surface area (Å²) in [6.45, 7) is 2.53. The molecule has 1 aromatic heterocycles. The lowest BCUT2D eigenvalue weighted by Gasteiger charge is -2.09. The van der Waals surface area contributed by atoms with Gasteiger partial charge in [-0.3, -0.25) is 0 Å². The van der Waals surface area contributed by atoms with Crippen LogP contribution in [-0.2, 0) is 6.54 Å². The first-order chi connectivity index (χ1) is 7.58. The monoisotopic (exact) mass is 255 g/mol. The molecular weight excluding hydrogens is 245 g/mol. The quantitative estimate of drug-likeness (QED) is 0.897. The highest BCUT2D eigenvalue weighted by Gasteiger charge is 2.07. The number of benzene rings is 1. The molecule has 0 spiro atoms. The van der Waals surface area contributed by atoms with Crippen LogP contribution in [-0.4, -0.2) is 9.55 Å². The Labute approximate surface area is 104 Å². The molecule has 0 radical (unpaired) electrons. The Hall–Kier alpha value is -1.19. The molecular formula is C11H11Cl2N3. The summed E-state index contributed by atoms with van der Waals surface area (Å²) in [5.41, 5.74) is 7.68. The van der Waals surface area contributed by atoms with Crippen LogP contribution in [0.2, 0.25) is 10.0 Å². The molecule has 0 atom stereocenters. The largest absolute Gasteiger partial charge is 0.369 e. The summed E-state index contributed by atoms with van der Waals surface area (Å²) in [4.78, 5) is 4.03. The summed E-state index contributed by atoms with van der Waals surface area (Å²) in [6.07, 6.45) is 1.73. The smallest absolute Gasteiger partial charge is 0.200 e. The third-order valence-corrected chi connectivity index (χ3v) is 3.03. The van der Waals surface area contributed by atoms with Crippen LogP contribution in [0.3, 0.4) is 0 Å². The summed E-state index contributed by atoms with van der Waals surface area (Å²) in [7, 11) is 0. The van der Waals surface area contributed by atoms with Gasteiger partial charge in [0.05, 0.1) is 12.7 Å². The number of nitrogens with two attached hydrogens (primary N) is 1. The van der Waals surface area contributed by atoms with Crippen molar-refractivity contribution in [3.8, 4) is 0 Å². The Balaban J connectivity index is 2.37. The number of rotatable bonds is 2. The lowest BCUT2D eigenvalue weighted by atomic mass is 10.2. The minimum absolute atomic E-state index is 0.480. The van der Waals surface area contributed by atoms with Crippen molar-refractivity contribution in [2.45, 2.75) is 13.5 Å². The molecule has 2 rings (SSSR count). The van der Waals surface area contributed by atoms with Gasteiger partial charge in [0, 0.05) is 15.7 Å². The van der Waals surface area contributed by atoms with E-state index in [0.717, 1.165) is 11.3 Å². The lowest BCUT2D eigenvalue weighted by molar-refractivity contribution is 0.783. The molecule has 16 heavy (non-hydrogen) atoms. The molecule has 0 amide bonds. The first-order valence-corrected chi connectivity index (χ1v) is 5.55. The fourth-order valence-electron chi connectivity index (χ4n) is 1.52. The van der Waals surface area contributed by atoms with Crippen molar-refractivity contribution in [2.75, 3.05) is 5.73 Å². The number of halogens is 2. The van der Waals surface area contributed by atoms with Crippen molar-refractivity contribution in [3.05, 3.63) is 45.7 Å². The SMILES string of the molecule is Cc1cnc(N)n1Cc1cc(Cl)ccc1Cl. The van der Waals surface area contributed by atoms with E-state index in [1.165, 1.54) is 0 Å². The Kier molecular flexibility index (Phi) is 3.08. The molecule has 2 N–H and O–H groups in total. The Morgan fingerprint density at radius 2 is 2.12 bits per heavy atom. The summed E-state index contributed by atoms with van der Waals surface area (Å²) in [6, 6.07) is 5.38. The van der Waals surface area contributed by atoms with Gasteiger partial charge in [-0.15, -0.1) is 0 Å². The van der Waals surface area contributed by atoms with Gasteiger partial charge in [0.15, 0.2) is 0 Å². The van der Waals surface area contributed by atoms with E-state index in [1.807, 2.05) is 17.6 Å². The van der Waals surface area contributed by atoms with Gasteiger partial charge >= 0.3 is 0 Å².